The molecule has 0 aliphatic rings. The van der Waals surface area contributed by atoms with E-state index in [2.05, 4.69) is 38.5 Å². The van der Waals surface area contributed by atoms with Crippen molar-refractivity contribution in [2.24, 2.45) is 0 Å². The van der Waals surface area contributed by atoms with Gasteiger partial charge in [-0.1, -0.05) is 130 Å². The number of rotatable bonds is 21. The fourth-order valence-corrected chi connectivity index (χ4v) is 4.68. The molecule has 0 aromatic carbocycles. The minimum atomic E-state index is 0.589. The lowest BCUT2D eigenvalue weighted by Crippen LogP contribution is -2.11. The van der Waals surface area contributed by atoms with Gasteiger partial charge in [-0.3, -0.25) is 0 Å². The van der Waals surface area contributed by atoms with E-state index in [0.717, 1.165) is 0 Å². The molecule has 0 spiro atoms. The second-order valence-electron chi connectivity index (χ2n) is 9.82. The maximum absolute atomic E-state index is 4.73. The fourth-order valence-electron chi connectivity index (χ4n) is 4.68. The molecule has 0 saturated carbocycles. The fraction of sp³-hybridized carbons (Fsp3) is 0.893. The van der Waals surface area contributed by atoms with E-state index in [9.17, 15) is 0 Å². The molecule has 2 heteroatoms. The molecule has 0 aliphatic carbocycles. The summed E-state index contributed by atoms with van der Waals surface area (Å²) < 4.78 is 2.46. The van der Waals surface area contributed by atoms with Crippen molar-refractivity contribution in [3.63, 3.8) is 0 Å². The monoisotopic (exact) mass is 418 g/mol. The first-order valence-electron chi connectivity index (χ1n) is 13.7. The van der Waals surface area contributed by atoms with Crippen molar-refractivity contribution in [1.82, 2.24) is 9.55 Å². The number of hydrogen-bond donors (Lipinski definition) is 0. The van der Waals surface area contributed by atoms with E-state index >= 15 is 0 Å². The Hall–Kier alpha value is -0.790. The minimum Gasteiger partial charge on any atom is -0.332 e. The van der Waals surface area contributed by atoms with Crippen LogP contribution in [-0.2, 0) is 0 Å². The van der Waals surface area contributed by atoms with Gasteiger partial charge in [0.1, 0.15) is 5.82 Å². The Morgan fingerprint density at radius 3 is 1.57 bits per heavy atom. The van der Waals surface area contributed by atoms with Crippen molar-refractivity contribution < 1.29 is 0 Å². The van der Waals surface area contributed by atoms with E-state index < -0.39 is 0 Å². The standard InChI is InChI=1S/C28H54N2/c1-5-7-9-11-12-13-14-15-16-17-19-20-22-26(3)28-29-24-25-30(28)27(4)23-21-18-10-8-6-2/h24-27H,5-23H2,1-4H3. The van der Waals surface area contributed by atoms with Gasteiger partial charge < -0.3 is 4.57 Å². The average Bonchev–Trinajstić information content (AvgIpc) is 3.24. The van der Waals surface area contributed by atoms with Crippen molar-refractivity contribution in [3.05, 3.63) is 18.2 Å². The Morgan fingerprint density at radius 1 is 0.633 bits per heavy atom. The summed E-state index contributed by atoms with van der Waals surface area (Å²) in [7, 11) is 0. The normalized spacial score (nSPS) is 13.6. The van der Waals surface area contributed by atoms with E-state index in [1.165, 1.54) is 128 Å². The molecule has 2 atom stereocenters. The summed E-state index contributed by atoms with van der Waals surface area (Å²) in [5.74, 6) is 1.91. The largest absolute Gasteiger partial charge is 0.332 e. The molecule has 1 aromatic heterocycles. The predicted molar refractivity (Wildman–Crippen MR) is 134 cm³/mol. The third-order valence-electron chi connectivity index (χ3n) is 6.83. The van der Waals surface area contributed by atoms with Gasteiger partial charge >= 0.3 is 0 Å². The first kappa shape index (κ1) is 27.2. The molecule has 0 fully saturated rings. The molecule has 2 unspecified atom stereocenters. The van der Waals surface area contributed by atoms with Crippen LogP contribution < -0.4 is 0 Å². The number of aromatic nitrogens is 2. The second kappa shape index (κ2) is 18.9. The van der Waals surface area contributed by atoms with E-state index in [4.69, 9.17) is 4.98 Å². The van der Waals surface area contributed by atoms with Gasteiger partial charge in [0.25, 0.3) is 0 Å². The van der Waals surface area contributed by atoms with Gasteiger partial charge in [0.15, 0.2) is 0 Å². The van der Waals surface area contributed by atoms with Crippen LogP contribution in [0.3, 0.4) is 0 Å². The molecule has 0 bridgehead atoms. The molecule has 0 amide bonds. The molecule has 0 radical (unpaired) electrons. The number of unbranched alkanes of at least 4 members (excludes halogenated alkanes) is 15. The van der Waals surface area contributed by atoms with Crippen LogP contribution in [0, 0.1) is 0 Å². The smallest absolute Gasteiger partial charge is 0.111 e. The molecular formula is C28H54N2. The molecule has 1 rings (SSSR count). The van der Waals surface area contributed by atoms with Crippen molar-refractivity contribution in [2.75, 3.05) is 0 Å². The summed E-state index contributed by atoms with van der Waals surface area (Å²) in [6.07, 6.45) is 30.8. The van der Waals surface area contributed by atoms with Crippen LogP contribution in [0.25, 0.3) is 0 Å². The first-order chi connectivity index (χ1) is 14.7. The third kappa shape index (κ3) is 12.8. The lowest BCUT2D eigenvalue weighted by Gasteiger charge is -2.20. The van der Waals surface area contributed by atoms with Crippen LogP contribution >= 0.6 is 0 Å². The summed E-state index contributed by atoms with van der Waals surface area (Å²) in [5.41, 5.74) is 0. The SMILES string of the molecule is CCCCCCCCCCCCCCC(C)c1nccn1C(C)CCCCCCC. The van der Waals surface area contributed by atoms with E-state index in [-0.39, 0.29) is 0 Å². The van der Waals surface area contributed by atoms with Gasteiger partial charge in [-0.2, -0.15) is 0 Å². The second-order valence-corrected chi connectivity index (χ2v) is 9.82. The Balaban J connectivity index is 2.09. The first-order valence-corrected chi connectivity index (χ1v) is 13.7. The Morgan fingerprint density at radius 2 is 1.07 bits per heavy atom. The quantitative estimate of drug-likeness (QED) is 0.182. The highest BCUT2D eigenvalue weighted by atomic mass is 15.1. The Labute approximate surface area is 189 Å². The lowest BCUT2D eigenvalue weighted by molar-refractivity contribution is 0.437. The van der Waals surface area contributed by atoms with Crippen LogP contribution in [0.4, 0.5) is 0 Å². The predicted octanol–water partition coefficient (Wildman–Crippen LogP) is 10.00. The summed E-state index contributed by atoms with van der Waals surface area (Å²) in [6, 6.07) is 0.591. The van der Waals surface area contributed by atoms with Crippen molar-refractivity contribution in [1.29, 1.82) is 0 Å². The maximum atomic E-state index is 4.73. The summed E-state index contributed by atoms with van der Waals surface area (Å²) in [5, 5.41) is 0. The van der Waals surface area contributed by atoms with Gasteiger partial charge in [-0.05, 0) is 19.8 Å². The summed E-state index contributed by atoms with van der Waals surface area (Å²) in [6.45, 7) is 9.34. The number of imidazole rings is 1. The van der Waals surface area contributed by atoms with Crippen LogP contribution in [0.5, 0.6) is 0 Å². The van der Waals surface area contributed by atoms with Gasteiger partial charge in [0.05, 0.1) is 0 Å². The van der Waals surface area contributed by atoms with E-state index in [0.29, 0.717) is 12.0 Å². The topological polar surface area (TPSA) is 17.8 Å². The molecular weight excluding hydrogens is 364 g/mol. The Kier molecular flexibility index (Phi) is 17.2. The van der Waals surface area contributed by atoms with Crippen molar-refractivity contribution >= 4 is 0 Å². The summed E-state index contributed by atoms with van der Waals surface area (Å²) >= 11 is 0. The minimum absolute atomic E-state index is 0.589. The van der Waals surface area contributed by atoms with Crippen LogP contribution in [0.2, 0.25) is 0 Å². The molecule has 0 saturated heterocycles. The van der Waals surface area contributed by atoms with Gasteiger partial charge in [-0.25, -0.2) is 4.98 Å². The number of hydrogen-bond acceptors (Lipinski definition) is 1. The molecule has 1 aromatic rings. The molecule has 0 N–H and O–H groups in total. The average molecular weight is 419 g/mol. The molecule has 2 nitrogen and oxygen atoms in total. The van der Waals surface area contributed by atoms with Gasteiger partial charge in [0, 0.05) is 24.4 Å². The zero-order valence-corrected chi connectivity index (χ0v) is 21.1. The summed E-state index contributed by atoms with van der Waals surface area (Å²) in [4.78, 5) is 4.73. The van der Waals surface area contributed by atoms with Crippen LogP contribution in [0.1, 0.15) is 167 Å². The highest BCUT2D eigenvalue weighted by Gasteiger charge is 2.15. The van der Waals surface area contributed by atoms with Crippen LogP contribution in [0.15, 0.2) is 12.4 Å². The van der Waals surface area contributed by atoms with Gasteiger partial charge in [-0.15, -0.1) is 0 Å². The Bertz CT molecular complexity index is 479. The lowest BCUT2D eigenvalue weighted by atomic mass is 10.00. The van der Waals surface area contributed by atoms with E-state index in [1.807, 2.05) is 6.20 Å². The van der Waals surface area contributed by atoms with Crippen molar-refractivity contribution in [3.8, 4) is 0 Å². The van der Waals surface area contributed by atoms with Gasteiger partial charge in [0.2, 0.25) is 0 Å². The van der Waals surface area contributed by atoms with E-state index in [1.54, 1.807) is 0 Å². The number of nitrogens with zero attached hydrogens (tertiary/aromatic N) is 2. The molecule has 30 heavy (non-hydrogen) atoms. The molecule has 0 aliphatic heterocycles. The molecule has 1 heterocycles. The maximum Gasteiger partial charge on any atom is 0.111 e. The molecule has 176 valence electrons. The highest BCUT2D eigenvalue weighted by molar-refractivity contribution is 5.00. The zero-order chi connectivity index (χ0) is 21.9. The van der Waals surface area contributed by atoms with Crippen molar-refractivity contribution in [2.45, 2.75) is 162 Å². The third-order valence-corrected chi connectivity index (χ3v) is 6.83. The van der Waals surface area contributed by atoms with Crippen LogP contribution in [-0.4, -0.2) is 9.55 Å². The highest BCUT2D eigenvalue weighted by Crippen LogP contribution is 2.26. The zero-order valence-electron chi connectivity index (χ0n) is 21.1.